The first-order valence-electron chi connectivity index (χ1n) is 4.09. The summed E-state index contributed by atoms with van der Waals surface area (Å²) in [5.41, 5.74) is 7.51. The first kappa shape index (κ1) is 8.78. The molecule has 0 unspecified atom stereocenters. The van der Waals surface area contributed by atoms with Crippen LogP contribution < -0.4 is 5.73 Å². The summed E-state index contributed by atoms with van der Waals surface area (Å²) in [6, 6.07) is 4.02. The number of aromatic nitrogens is 1. The van der Waals surface area contributed by atoms with Crippen molar-refractivity contribution in [3.63, 3.8) is 0 Å². The van der Waals surface area contributed by atoms with E-state index in [9.17, 15) is 0 Å². The van der Waals surface area contributed by atoms with E-state index in [1.165, 1.54) is 11.8 Å². The lowest BCUT2D eigenvalue weighted by Gasteiger charge is -2.07. The van der Waals surface area contributed by atoms with Gasteiger partial charge in [-0.05, 0) is 29.8 Å². The highest BCUT2D eigenvalue weighted by Gasteiger charge is 2.03. The fourth-order valence-corrected chi connectivity index (χ4v) is 1.15. The van der Waals surface area contributed by atoms with Crippen LogP contribution in [0.15, 0.2) is 24.5 Å². The van der Waals surface area contributed by atoms with Crippen LogP contribution in [-0.2, 0) is 0 Å². The van der Waals surface area contributed by atoms with Gasteiger partial charge in [-0.2, -0.15) is 0 Å². The summed E-state index contributed by atoms with van der Waals surface area (Å²) in [4.78, 5) is 4.22. The SMILES string of the molecule is CC(C)c1cccnc1/C=C\N. The highest BCUT2D eigenvalue weighted by Crippen LogP contribution is 2.17. The van der Waals surface area contributed by atoms with E-state index in [1.54, 1.807) is 6.20 Å². The monoisotopic (exact) mass is 162 g/mol. The molecule has 12 heavy (non-hydrogen) atoms. The van der Waals surface area contributed by atoms with Gasteiger partial charge in [0.05, 0.1) is 5.69 Å². The van der Waals surface area contributed by atoms with E-state index in [0.29, 0.717) is 5.92 Å². The van der Waals surface area contributed by atoms with Gasteiger partial charge in [0, 0.05) is 6.20 Å². The van der Waals surface area contributed by atoms with Gasteiger partial charge in [0.2, 0.25) is 0 Å². The summed E-state index contributed by atoms with van der Waals surface area (Å²) in [7, 11) is 0. The lowest BCUT2D eigenvalue weighted by molar-refractivity contribution is 0.854. The van der Waals surface area contributed by atoms with Crippen LogP contribution >= 0.6 is 0 Å². The Hall–Kier alpha value is -1.31. The third-order valence-corrected chi connectivity index (χ3v) is 1.75. The van der Waals surface area contributed by atoms with Crippen LogP contribution in [0.25, 0.3) is 6.08 Å². The summed E-state index contributed by atoms with van der Waals surface area (Å²) >= 11 is 0. The molecular formula is C10H14N2. The minimum atomic E-state index is 0.491. The number of rotatable bonds is 2. The maximum Gasteiger partial charge on any atom is 0.0678 e. The van der Waals surface area contributed by atoms with Crippen LogP contribution in [0, 0.1) is 0 Å². The third kappa shape index (κ3) is 1.84. The molecule has 2 N–H and O–H groups in total. The van der Waals surface area contributed by atoms with Crippen molar-refractivity contribution in [2.75, 3.05) is 0 Å². The molecule has 0 aliphatic rings. The zero-order valence-corrected chi connectivity index (χ0v) is 7.49. The topological polar surface area (TPSA) is 38.9 Å². The quantitative estimate of drug-likeness (QED) is 0.723. The van der Waals surface area contributed by atoms with Crippen molar-refractivity contribution in [1.29, 1.82) is 0 Å². The number of hydrogen-bond donors (Lipinski definition) is 1. The minimum Gasteiger partial charge on any atom is -0.405 e. The van der Waals surface area contributed by atoms with Crippen molar-refractivity contribution in [3.8, 4) is 0 Å². The second-order valence-corrected chi connectivity index (χ2v) is 2.99. The average molecular weight is 162 g/mol. The summed E-state index contributed by atoms with van der Waals surface area (Å²) in [5, 5.41) is 0. The first-order valence-corrected chi connectivity index (χ1v) is 4.09. The molecule has 2 heteroatoms. The van der Waals surface area contributed by atoms with Gasteiger partial charge >= 0.3 is 0 Å². The Morgan fingerprint density at radius 1 is 1.50 bits per heavy atom. The van der Waals surface area contributed by atoms with Gasteiger partial charge in [-0.1, -0.05) is 19.9 Å². The van der Waals surface area contributed by atoms with E-state index in [1.807, 2.05) is 12.1 Å². The first-order chi connectivity index (χ1) is 5.75. The highest BCUT2D eigenvalue weighted by molar-refractivity contribution is 5.49. The lowest BCUT2D eigenvalue weighted by atomic mass is 10.0. The molecule has 1 aromatic rings. The van der Waals surface area contributed by atoms with E-state index in [4.69, 9.17) is 5.73 Å². The summed E-state index contributed by atoms with van der Waals surface area (Å²) in [6.45, 7) is 4.29. The molecule has 0 atom stereocenters. The molecule has 0 aliphatic carbocycles. The van der Waals surface area contributed by atoms with Gasteiger partial charge in [0.15, 0.2) is 0 Å². The van der Waals surface area contributed by atoms with Gasteiger partial charge in [-0.15, -0.1) is 0 Å². The predicted molar refractivity (Wildman–Crippen MR) is 51.5 cm³/mol. The van der Waals surface area contributed by atoms with Crippen LogP contribution in [0.3, 0.4) is 0 Å². The number of nitrogens with two attached hydrogens (primary N) is 1. The van der Waals surface area contributed by atoms with Gasteiger partial charge in [-0.25, -0.2) is 0 Å². The molecule has 0 saturated heterocycles. The fourth-order valence-electron chi connectivity index (χ4n) is 1.15. The van der Waals surface area contributed by atoms with E-state index >= 15 is 0 Å². The van der Waals surface area contributed by atoms with E-state index in [0.717, 1.165) is 5.69 Å². The molecule has 0 fully saturated rings. The molecule has 1 heterocycles. The highest BCUT2D eigenvalue weighted by atomic mass is 14.7. The third-order valence-electron chi connectivity index (χ3n) is 1.75. The van der Waals surface area contributed by atoms with Crippen LogP contribution in [0.5, 0.6) is 0 Å². The Bertz CT molecular complexity index is 277. The Labute approximate surface area is 73.1 Å². The van der Waals surface area contributed by atoms with Crippen LogP contribution in [-0.4, -0.2) is 4.98 Å². The molecule has 64 valence electrons. The van der Waals surface area contributed by atoms with Gasteiger partial charge in [0.1, 0.15) is 0 Å². The summed E-state index contributed by atoms with van der Waals surface area (Å²) in [5.74, 6) is 0.491. The Balaban J connectivity index is 3.08. The number of hydrogen-bond acceptors (Lipinski definition) is 2. The minimum absolute atomic E-state index is 0.491. The van der Waals surface area contributed by atoms with Gasteiger partial charge < -0.3 is 5.73 Å². The van der Waals surface area contributed by atoms with Crippen molar-refractivity contribution in [3.05, 3.63) is 35.8 Å². The second kappa shape index (κ2) is 3.90. The summed E-state index contributed by atoms with van der Waals surface area (Å²) in [6.07, 6.45) is 5.13. The molecule has 0 radical (unpaired) electrons. The van der Waals surface area contributed by atoms with Gasteiger partial charge in [-0.3, -0.25) is 4.98 Å². The zero-order valence-electron chi connectivity index (χ0n) is 7.49. The Morgan fingerprint density at radius 3 is 2.83 bits per heavy atom. The molecular weight excluding hydrogens is 148 g/mol. The standard InChI is InChI=1S/C10H14N2/c1-8(2)9-4-3-7-12-10(9)5-6-11/h3-8H,11H2,1-2H3/b6-5-. The second-order valence-electron chi connectivity index (χ2n) is 2.99. The maximum atomic E-state index is 5.31. The fraction of sp³-hybridized carbons (Fsp3) is 0.300. The van der Waals surface area contributed by atoms with Crippen LogP contribution in [0.1, 0.15) is 31.0 Å². The zero-order chi connectivity index (χ0) is 8.97. The molecule has 1 rings (SSSR count). The molecule has 0 amide bonds. The van der Waals surface area contributed by atoms with E-state index in [2.05, 4.69) is 24.9 Å². The molecule has 0 spiro atoms. The Morgan fingerprint density at radius 2 is 2.25 bits per heavy atom. The molecule has 1 aromatic heterocycles. The smallest absolute Gasteiger partial charge is 0.0678 e. The molecule has 0 aliphatic heterocycles. The average Bonchev–Trinajstić information content (AvgIpc) is 2.05. The molecule has 0 saturated carbocycles. The molecule has 0 bridgehead atoms. The van der Waals surface area contributed by atoms with Crippen molar-refractivity contribution >= 4 is 6.08 Å². The largest absolute Gasteiger partial charge is 0.405 e. The van der Waals surface area contributed by atoms with Crippen LogP contribution in [0.4, 0.5) is 0 Å². The predicted octanol–water partition coefficient (Wildman–Crippen LogP) is 2.13. The Kier molecular flexibility index (Phi) is 2.86. The van der Waals surface area contributed by atoms with Crippen molar-refractivity contribution in [2.24, 2.45) is 5.73 Å². The van der Waals surface area contributed by atoms with Crippen LogP contribution in [0.2, 0.25) is 0 Å². The molecule has 2 nitrogen and oxygen atoms in total. The lowest BCUT2D eigenvalue weighted by Crippen LogP contribution is -1.94. The maximum absolute atomic E-state index is 5.31. The van der Waals surface area contributed by atoms with Crippen molar-refractivity contribution < 1.29 is 0 Å². The van der Waals surface area contributed by atoms with Gasteiger partial charge in [0.25, 0.3) is 0 Å². The van der Waals surface area contributed by atoms with E-state index < -0.39 is 0 Å². The number of nitrogens with zero attached hydrogens (tertiary/aromatic N) is 1. The van der Waals surface area contributed by atoms with Crippen molar-refractivity contribution in [2.45, 2.75) is 19.8 Å². The van der Waals surface area contributed by atoms with E-state index in [-0.39, 0.29) is 0 Å². The summed E-state index contributed by atoms with van der Waals surface area (Å²) < 4.78 is 0. The normalized spacial score (nSPS) is 11.2. The number of pyridine rings is 1. The van der Waals surface area contributed by atoms with Crippen molar-refractivity contribution in [1.82, 2.24) is 4.98 Å². The molecule has 0 aromatic carbocycles.